The average Bonchev–Trinajstić information content (AvgIpc) is 2.69. The average molecular weight is 376 g/mol. The maximum absolute atomic E-state index is 5.54. The molecule has 1 saturated heterocycles. The number of hydrogen-bond acceptors (Lipinski definition) is 3. The van der Waals surface area contributed by atoms with Crippen LogP contribution in [0.3, 0.4) is 0 Å². The Labute approximate surface area is 162 Å². The zero-order chi connectivity index (χ0) is 18.2. The molecule has 0 radical (unpaired) electrons. The van der Waals surface area contributed by atoms with Crippen LogP contribution in [-0.4, -0.2) is 43.2 Å². The molecule has 2 aliphatic rings. The molecule has 5 nitrogen and oxygen atoms in total. The van der Waals surface area contributed by atoms with E-state index in [0.29, 0.717) is 11.2 Å². The van der Waals surface area contributed by atoms with Crippen molar-refractivity contribution in [2.24, 2.45) is 5.10 Å². The summed E-state index contributed by atoms with van der Waals surface area (Å²) >= 11 is 5.46. The molecule has 6 heteroatoms. The Bertz CT molecular complexity index is 595. The molecule has 0 bridgehead atoms. The highest BCUT2D eigenvalue weighted by atomic mass is 32.1. The number of nitrogens with one attached hydrogen (secondary N) is 3. The molecule has 142 valence electrons. The van der Waals surface area contributed by atoms with E-state index in [-0.39, 0.29) is 6.04 Å². The number of hydrogen-bond donors (Lipinski definition) is 3. The van der Waals surface area contributed by atoms with Crippen molar-refractivity contribution in [2.75, 3.05) is 26.3 Å². The number of nitrogens with zero attached hydrogens (tertiary/aromatic N) is 1. The number of ether oxygens (including phenoxy) is 1. The summed E-state index contributed by atoms with van der Waals surface area (Å²) in [6.45, 7) is 5.70. The molecule has 1 aliphatic carbocycles. The van der Waals surface area contributed by atoms with Crippen LogP contribution in [0.25, 0.3) is 0 Å². The van der Waals surface area contributed by atoms with Crippen LogP contribution in [0.4, 0.5) is 0 Å². The first-order valence-electron chi connectivity index (χ1n) is 9.82. The van der Waals surface area contributed by atoms with E-state index in [0.717, 1.165) is 32.0 Å². The van der Waals surface area contributed by atoms with E-state index in [1.165, 1.54) is 42.6 Å². The zero-order valence-electron chi connectivity index (χ0n) is 15.7. The van der Waals surface area contributed by atoms with Crippen LogP contribution in [0.15, 0.2) is 35.4 Å². The lowest BCUT2D eigenvalue weighted by molar-refractivity contribution is -0.928. The number of quaternary nitrogens is 1. The Kier molecular flexibility index (Phi) is 7.41. The summed E-state index contributed by atoms with van der Waals surface area (Å²) in [5.41, 5.74) is 5.43. The second kappa shape index (κ2) is 10.00. The van der Waals surface area contributed by atoms with Gasteiger partial charge in [-0.1, -0.05) is 49.6 Å². The second-order valence-electron chi connectivity index (χ2n) is 7.29. The third-order valence-electron chi connectivity index (χ3n) is 5.37. The summed E-state index contributed by atoms with van der Waals surface area (Å²) in [6.07, 6.45) is 6.33. The Morgan fingerprint density at radius 3 is 2.54 bits per heavy atom. The molecule has 0 amide bonds. The van der Waals surface area contributed by atoms with E-state index in [2.05, 4.69) is 53.1 Å². The molecule has 1 saturated carbocycles. The quantitative estimate of drug-likeness (QED) is 0.417. The molecular formula is C20H31N4OS+. The first-order chi connectivity index (χ1) is 12.7. The minimum absolute atomic E-state index is 0.227. The Hall–Kier alpha value is -1.50. The van der Waals surface area contributed by atoms with Crippen molar-refractivity contribution < 1.29 is 9.64 Å². The van der Waals surface area contributed by atoms with E-state index in [4.69, 9.17) is 17.0 Å². The molecule has 2 fully saturated rings. The molecule has 1 aliphatic heterocycles. The van der Waals surface area contributed by atoms with Gasteiger partial charge in [-0.3, -0.25) is 5.43 Å². The third-order valence-corrected chi connectivity index (χ3v) is 5.58. The van der Waals surface area contributed by atoms with Gasteiger partial charge in [0.2, 0.25) is 0 Å². The molecule has 0 aromatic heterocycles. The summed E-state index contributed by atoms with van der Waals surface area (Å²) < 4.78 is 5.54. The van der Waals surface area contributed by atoms with E-state index >= 15 is 0 Å². The Morgan fingerprint density at radius 1 is 1.15 bits per heavy atom. The zero-order valence-corrected chi connectivity index (χ0v) is 16.5. The first kappa shape index (κ1) is 19.3. The lowest BCUT2D eigenvalue weighted by Gasteiger charge is -2.31. The molecule has 1 heterocycles. The fourth-order valence-corrected chi connectivity index (χ4v) is 4.22. The Balaban J connectivity index is 1.64. The van der Waals surface area contributed by atoms with Crippen LogP contribution >= 0.6 is 12.2 Å². The van der Waals surface area contributed by atoms with E-state index in [1.54, 1.807) is 0 Å². The summed E-state index contributed by atoms with van der Waals surface area (Å²) in [6, 6.07) is 11.3. The molecule has 1 aromatic rings. The number of morpholine rings is 1. The minimum Gasteiger partial charge on any atom is -0.370 e. The molecule has 3 rings (SSSR count). The van der Waals surface area contributed by atoms with E-state index in [9.17, 15) is 0 Å². The second-order valence-corrected chi connectivity index (χ2v) is 7.70. The van der Waals surface area contributed by atoms with Gasteiger partial charge < -0.3 is 15.0 Å². The molecular weight excluding hydrogens is 344 g/mol. The largest absolute Gasteiger partial charge is 0.370 e. The summed E-state index contributed by atoms with van der Waals surface area (Å²) in [5, 5.41) is 8.70. The van der Waals surface area contributed by atoms with Gasteiger partial charge in [-0.05, 0) is 32.0 Å². The highest BCUT2D eigenvalue weighted by Crippen LogP contribution is 2.17. The summed E-state index contributed by atoms with van der Waals surface area (Å²) in [4.78, 5) is 1.50. The highest BCUT2D eigenvalue weighted by molar-refractivity contribution is 7.80. The van der Waals surface area contributed by atoms with Crippen LogP contribution in [0.2, 0.25) is 0 Å². The monoisotopic (exact) mass is 375 g/mol. The SMILES string of the molecule is C/C(=N/NC(=S)NC1CCCCC1)[C@@H](c1ccccc1)[NH+]1CCOCC1. The van der Waals surface area contributed by atoms with Crippen molar-refractivity contribution in [1.29, 1.82) is 0 Å². The molecule has 1 atom stereocenters. The van der Waals surface area contributed by atoms with Crippen molar-refractivity contribution in [3.05, 3.63) is 35.9 Å². The van der Waals surface area contributed by atoms with Gasteiger partial charge in [0.25, 0.3) is 0 Å². The standard InChI is InChI=1S/C20H30N4OS/c1-16(22-23-20(26)21-18-10-6-3-7-11-18)19(17-8-4-2-5-9-17)24-12-14-25-15-13-24/h2,4-5,8-9,18-19H,3,6-7,10-15H2,1H3,(H2,21,23,26)/p+1/b22-16-/t19-/m0/s1. The highest BCUT2D eigenvalue weighted by Gasteiger charge is 2.29. The van der Waals surface area contributed by atoms with Crippen LogP contribution in [0.5, 0.6) is 0 Å². The molecule has 0 unspecified atom stereocenters. The third kappa shape index (κ3) is 5.50. The summed E-state index contributed by atoms with van der Waals surface area (Å²) in [5.74, 6) is 0. The molecule has 3 N–H and O–H groups in total. The normalized spacial score (nSPS) is 21.2. The smallest absolute Gasteiger partial charge is 0.187 e. The fraction of sp³-hybridized carbons (Fsp3) is 0.600. The number of hydrazone groups is 1. The predicted molar refractivity (Wildman–Crippen MR) is 110 cm³/mol. The van der Waals surface area contributed by atoms with Gasteiger partial charge in [-0.15, -0.1) is 0 Å². The molecule has 1 aromatic carbocycles. The van der Waals surface area contributed by atoms with Gasteiger partial charge in [-0.25, -0.2) is 0 Å². The minimum atomic E-state index is 0.227. The predicted octanol–water partition coefficient (Wildman–Crippen LogP) is 1.82. The van der Waals surface area contributed by atoms with Crippen LogP contribution < -0.4 is 15.6 Å². The van der Waals surface area contributed by atoms with Crippen molar-refractivity contribution in [3.8, 4) is 0 Å². The number of rotatable bonds is 5. The maximum Gasteiger partial charge on any atom is 0.187 e. The van der Waals surface area contributed by atoms with Crippen molar-refractivity contribution in [2.45, 2.75) is 51.1 Å². The Morgan fingerprint density at radius 2 is 1.85 bits per heavy atom. The summed E-state index contributed by atoms with van der Waals surface area (Å²) in [7, 11) is 0. The van der Waals surface area contributed by atoms with Gasteiger partial charge in [0.1, 0.15) is 13.1 Å². The first-order valence-corrected chi connectivity index (χ1v) is 10.2. The van der Waals surface area contributed by atoms with E-state index < -0.39 is 0 Å². The van der Waals surface area contributed by atoms with Gasteiger partial charge in [-0.2, -0.15) is 5.10 Å². The van der Waals surface area contributed by atoms with Crippen molar-refractivity contribution in [1.82, 2.24) is 10.7 Å². The van der Waals surface area contributed by atoms with Gasteiger partial charge >= 0.3 is 0 Å². The van der Waals surface area contributed by atoms with E-state index in [1.807, 2.05) is 0 Å². The van der Waals surface area contributed by atoms with Gasteiger partial charge in [0, 0.05) is 11.6 Å². The van der Waals surface area contributed by atoms with Crippen LogP contribution in [0, 0.1) is 0 Å². The van der Waals surface area contributed by atoms with Gasteiger partial charge in [0.15, 0.2) is 11.2 Å². The van der Waals surface area contributed by atoms with Crippen molar-refractivity contribution in [3.63, 3.8) is 0 Å². The van der Waals surface area contributed by atoms with Crippen LogP contribution in [0.1, 0.15) is 50.6 Å². The number of benzene rings is 1. The maximum atomic E-state index is 5.54. The lowest BCUT2D eigenvalue weighted by atomic mass is 9.96. The van der Waals surface area contributed by atoms with Gasteiger partial charge in [0.05, 0.1) is 18.9 Å². The molecule has 26 heavy (non-hydrogen) atoms. The van der Waals surface area contributed by atoms with Crippen LogP contribution in [-0.2, 0) is 4.74 Å². The fourth-order valence-electron chi connectivity index (χ4n) is 4.01. The lowest BCUT2D eigenvalue weighted by Crippen LogP contribution is -3.15. The topological polar surface area (TPSA) is 50.1 Å². The van der Waals surface area contributed by atoms with Crippen molar-refractivity contribution >= 4 is 23.0 Å². The molecule has 0 spiro atoms. The number of thiocarbonyl (C=S) groups is 1.